The third-order valence-corrected chi connectivity index (χ3v) is 5.49. The van der Waals surface area contributed by atoms with Gasteiger partial charge in [0, 0.05) is 31.4 Å². The maximum Gasteiger partial charge on any atom is 0.191 e. The number of hydrogen-bond acceptors (Lipinski definition) is 5. The minimum atomic E-state index is 0.519. The summed E-state index contributed by atoms with van der Waals surface area (Å²) in [6.07, 6.45) is 8.66. The Morgan fingerprint density at radius 1 is 1.32 bits per heavy atom. The lowest BCUT2D eigenvalue weighted by Crippen LogP contribution is -2.38. The van der Waals surface area contributed by atoms with E-state index in [2.05, 4.69) is 32.6 Å². The van der Waals surface area contributed by atoms with Gasteiger partial charge in [0.05, 0.1) is 10.7 Å². The number of guanidine groups is 1. The molecule has 0 saturated heterocycles. The van der Waals surface area contributed by atoms with E-state index in [0.717, 1.165) is 37.7 Å². The third kappa shape index (κ3) is 5.01. The van der Waals surface area contributed by atoms with Gasteiger partial charge >= 0.3 is 0 Å². The minimum Gasteiger partial charge on any atom is -0.357 e. The van der Waals surface area contributed by atoms with Gasteiger partial charge in [-0.3, -0.25) is 4.68 Å². The predicted octanol–water partition coefficient (Wildman–Crippen LogP) is 1.84. The average Bonchev–Trinajstić information content (AvgIpc) is 3.21. The van der Waals surface area contributed by atoms with Crippen molar-refractivity contribution in [1.82, 2.24) is 30.4 Å². The van der Waals surface area contributed by atoms with E-state index in [4.69, 9.17) is 4.98 Å². The molecule has 0 bridgehead atoms. The number of aryl methyl sites for hydroxylation is 4. The van der Waals surface area contributed by atoms with Crippen LogP contribution in [-0.4, -0.2) is 38.8 Å². The molecule has 2 aromatic heterocycles. The highest BCUT2D eigenvalue weighted by atomic mass is 32.1. The van der Waals surface area contributed by atoms with Crippen LogP contribution in [0, 0.1) is 0 Å². The molecule has 25 heavy (non-hydrogen) atoms. The van der Waals surface area contributed by atoms with Crippen LogP contribution in [-0.2, 0) is 32.9 Å². The summed E-state index contributed by atoms with van der Waals surface area (Å²) in [5.41, 5.74) is 1.36. The van der Waals surface area contributed by atoms with Crippen LogP contribution in [0.4, 0.5) is 0 Å². The second-order valence-corrected chi connectivity index (χ2v) is 7.38. The highest BCUT2D eigenvalue weighted by Gasteiger charge is 2.14. The number of fused-ring (bicyclic) bond motifs is 1. The van der Waals surface area contributed by atoms with Crippen molar-refractivity contribution in [2.24, 2.45) is 12.0 Å². The number of nitrogens with zero attached hydrogens (tertiary/aromatic N) is 5. The number of hydrogen-bond donors (Lipinski definition) is 2. The smallest absolute Gasteiger partial charge is 0.191 e. The molecule has 3 rings (SSSR count). The highest BCUT2D eigenvalue weighted by molar-refractivity contribution is 7.11. The minimum absolute atomic E-state index is 0.519. The summed E-state index contributed by atoms with van der Waals surface area (Å²) in [5, 5.41) is 12.0. The molecule has 0 aromatic carbocycles. The quantitative estimate of drug-likeness (QED) is 0.447. The lowest BCUT2D eigenvalue weighted by molar-refractivity contribution is 0.677. The summed E-state index contributed by atoms with van der Waals surface area (Å²) in [4.78, 5) is 15.1. The van der Waals surface area contributed by atoms with Crippen molar-refractivity contribution >= 4 is 17.3 Å². The molecule has 0 aliphatic heterocycles. The Hall–Kier alpha value is -1.96. The molecule has 0 fully saturated rings. The van der Waals surface area contributed by atoms with E-state index >= 15 is 0 Å². The summed E-state index contributed by atoms with van der Waals surface area (Å²) >= 11 is 1.91. The van der Waals surface area contributed by atoms with Gasteiger partial charge in [0.2, 0.25) is 0 Å². The lowest BCUT2D eigenvalue weighted by Gasteiger charge is -2.10. The Bertz CT molecular complexity index is 680. The van der Waals surface area contributed by atoms with Gasteiger partial charge in [0.25, 0.3) is 0 Å². The van der Waals surface area contributed by atoms with E-state index in [0.29, 0.717) is 6.54 Å². The molecule has 0 radical (unpaired) electrons. The normalized spacial score (nSPS) is 14.4. The van der Waals surface area contributed by atoms with Gasteiger partial charge in [-0.05, 0) is 39.0 Å². The van der Waals surface area contributed by atoms with E-state index in [1.165, 1.54) is 41.3 Å². The van der Waals surface area contributed by atoms with Crippen LogP contribution in [0.2, 0.25) is 0 Å². The molecule has 7 nitrogen and oxygen atoms in total. The van der Waals surface area contributed by atoms with Crippen LogP contribution >= 0.6 is 11.3 Å². The first-order valence-corrected chi connectivity index (χ1v) is 9.90. The van der Waals surface area contributed by atoms with Crippen LogP contribution in [0.25, 0.3) is 0 Å². The molecule has 2 aromatic rings. The fraction of sp³-hybridized carbons (Fsp3) is 0.647. The van der Waals surface area contributed by atoms with Gasteiger partial charge in [-0.2, -0.15) is 5.10 Å². The molecule has 0 atom stereocenters. The Labute approximate surface area is 153 Å². The van der Waals surface area contributed by atoms with Crippen LogP contribution in [0.1, 0.15) is 47.6 Å². The monoisotopic (exact) mass is 361 g/mol. The van der Waals surface area contributed by atoms with Crippen molar-refractivity contribution < 1.29 is 0 Å². The second kappa shape index (κ2) is 8.94. The van der Waals surface area contributed by atoms with Gasteiger partial charge in [-0.15, -0.1) is 11.3 Å². The van der Waals surface area contributed by atoms with Gasteiger partial charge < -0.3 is 10.6 Å². The fourth-order valence-corrected chi connectivity index (χ4v) is 4.11. The summed E-state index contributed by atoms with van der Waals surface area (Å²) in [7, 11) is 1.88. The van der Waals surface area contributed by atoms with E-state index in [9.17, 15) is 0 Å². The number of thiazole rings is 1. The SMILES string of the molecule is CCNC(=NCc1ncnn1C)NCCCc1nc2c(s1)CCCC2. The van der Waals surface area contributed by atoms with Crippen molar-refractivity contribution in [3.8, 4) is 0 Å². The Balaban J connectivity index is 1.45. The molecule has 0 amide bonds. The first kappa shape index (κ1) is 17.8. The average molecular weight is 362 g/mol. The molecule has 0 saturated carbocycles. The van der Waals surface area contributed by atoms with E-state index in [-0.39, 0.29) is 0 Å². The van der Waals surface area contributed by atoms with Gasteiger partial charge in [0.15, 0.2) is 5.96 Å². The Morgan fingerprint density at radius 3 is 2.96 bits per heavy atom. The molecule has 2 heterocycles. The topological polar surface area (TPSA) is 80.0 Å². The maximum atomic E-state index is 4.81. The number of aliphatic imine (C=N–C) groups is 1. The molecule has 136 valence electrons. The largest absolute Gasteiger partial charge is 0.357 e. The second-order valence-electron chi connectivity index (χ2n) is 6.21. The van der Waals surface area contributed by atoms with Crippen LogP contribution in [0.15, 0.2) is 11.3 Å². The summed E-state index contributed by atoms with van der Waals surface area (Å²) in [6, 6.07) is 0. The molecular weight excluding hydrogens is 334 g/mol. The van der Waals surface area contributed by atoms with Gasteiger partial charge in [0.1, 0.15) is 18.7 Å². The fourth-order valence-electron chi connectivity index (χ4n) is 2.91. The van der Waals surface area contributed by atoms with Gasteiger partial charge in [-0.1, -0.05) is 0 Å². The third-order valence-electron chi connectivity index (χ3n) is 4.28. The lowest BCUT2D eigenvalue weighted by atomic mass is 10.0. The Morgan fingerprint density at radius 2 is 2.20 bits per heavy atom. The van der Waals surface area contributed by atoms with Crippen LogP contribution in [0.5, 0.6) is 0 Å². The van der Waals surface area contributed by atoms with Crippen molar-refractivity contribution in [3.63, 3.8) is 0 Å². The van der Waals surface area contributed by atoms with Gasteiger partial charge in [-0.25, -0.2) is 15.0 Å². The van der Waals surface area contributed by atoms with Crippen molar-refractivity contribution in [1.29, 1.82) is 0 Å². The van der Waals surface area contributed by atoms with E-state index in [1.54, 1.807) is 11.0 Å². The summed E-state index contributed by atoms with van der Waals surface area (Å²) in [6.45, 7) is 4.31. The van der Waals surface area contributed by atoms with E-state index in [1.807, 2.05) is 18.4 Å². The molecule has 1 aliphatic carbocycles. The Kier molecular flexibility index (Phi) is 6.38. The standard InChI is InChI=1S/C17H27N7S/c1-3-18-17(20-11-15-21-12-22-24(15)2)19-10-6-9-16-23-13-7-4-5-8-14(13)25-16/h12H,3-11H2,1-2H3,(H2,18,19,20). The first-order chi connectivity index (χ1) is 12.3. The maximum absolute atomic E-state index is 4.81. The van der Waals surface area contributed by atoms with Crippen LogP contribution in [0.3, 0.4) is 0 Å². The highest BCUT2D eigenvalue weighted by Crippen LogP contribution is 2.27. The molecule has 8 heteroatoms. The molecule has 1 aliphatic rings. The van der Waals surface area contributed by atoms with Crippen molar-refractivity contribution in [2.45, 2.75) is 52.0 Å². The van der Waals surface area contributed by atoms with Crippen molar-refractivity contribution in [3.05, 3.63) is 27.7 Å². The molecule has 0 spiro atoms. The van der Waals surface area contributed by atoms with Crippen molar-refractivity contribution in [2.75, 3.05) is 13.1 Å². The molecule has 2 N–H and O–H groups in total. The molecule has 0 unspecified atom stereocenters. The first-order valence-electron chi connectivity index (χ1n) is 9.08. The summed E-state index contributed by atoms with van der Waals surface area (Å²) < 4.78 is 1.75. The zero-order chi connectivity index (χ0) is 17.5. The number of rotatable bonds is 7. The van der Waals surface area contributed by atoms with Crippen LogP contribution < -0.4 is 10.6 Å². The zero-order valence-electron chi connectivity index (χ0n) is 15.1. The predicted molar refractivity (Wildman–Crippen MR) is 101 cm³/mol. The summed E-state index contributed by atoms with van der Waals surface area (Å²) in [5.74, 6) is 1.68. The van der Waals surface area contributed by atoms with E-state index < -0.39 is 0 Å². The zero-order valence-corrected chi connectivity index (χ0v) is 15.9. The number of aromatic nitrogens is 4. The molecular formula is C17H27N7S. The number of nitrogens with one attached hydrogen (secondary N) is 2.